The van der Waals surface area contributed by atoms with Gasteiger partial charge in [-0.2, -0.15) is 0 Å². The molecule has 1 fully saturated rings. The summed E-state index contributed by atoms with van der Waals surface area (Å²) >= 11 is 0. The highest BCUT2D eigenvalue weighted by Gasteiger charge is 2.42. The van der Waals surface area contributed by atoms with Gasteiger partial charge in [0, 0.05) is 0 Å². The molecule has 1 aliphatic carbocycles. The summed E-state index contributed by atoms with van der Waals surface area (Å²) in [7, 11) is 0. The normalized spacial score (nSPS) is 25.8. The van der Waals surface area contributed by atoms with E-state index in [1.807, 2.05) is 0 Å². The van der Waals surface area contributed by atoms with E-state index in [2.05, 4.69) is 39.8 Å². The lowest BCUT2D eigenvalue weighted by Crippen LogP contribution is -2.38. The highest BCUT2D eigenvalue weighted by Crippen LogP contribution is 2.44. The van der Waals surface area contributed by atoms with Crippen molar-refractivity contribution in [2.75, 3.05) is 0 Å². The smallest absolute Gasteiger partial charge is 0.309 e. The van der Waals surface area contributed by atoms with E-state index < -0.39 is 11.4 Å². The first-order valence-corrected chi connectivity index (χ1v) is 8.18. The molecule has 0 heterocycles. The van der Waals surface area contributed by atoms with Gasteiger partial charge in [0.2, 0.25) is 0 Å². The maximum absolute atomic E-state index is 12.0. The quantitative estimate of drug-likeness (QED) is 0.862. The van der Waals surface area contributed by atoms with E-state index in [0.717, 1.165) is 25.7 Å². The molecular formula is C19H28O2. The van der Waals surface area contributed by atoms with Crippen LogP contribution in [-0.4, -0.2) is 11.1 Å². The van der Waals surface area contributed by atoms with Gasteiger partial charge in [0.05, 0.1) is 5.41 Å². The van der Waals surface area contributed by atoms with Crippen molar-refractivity contribution in [2.24, 2.45) is 11.3 Å². The molecule has 0 aliphatic heterocycles. The molecule has 0 aromatic heterocycles. The summed E-state index contributed by atoms with van der Waals surface area (Å²) in [5.74, 6) is -0.0269. The van der Waals surface area contributed by atoms with Crippen LogP contribution < -0.4 is 0 Å². The zero-order valence-electron chi connectivity index (χ0n) is 13.8. The lowest BCUT2D eigenvalue weighted by Gasteiger charge is -2.38. The summed E-state index contributed by atoms with van der Waals surface area (Å²) in [4.78, 5) is 12.0. The largest absolute Gasteiger partial charge is 0.481 e. The predicted molar refractivity (Wildman–Crippen MR) is 86.7 cm³/mol. The number of aliphatic carboxylic acids is 1. The van der Waals surface area contributed by atoms with E-state index in [1.165, 1.54) is 28.7 Å². The predicted octanol–water partition coefficient (Wildman–Crippen LogP) is 4.83. The second-order valence-corrected chi connectivity index (χ2v) is 7.01. The Morgan fingerprint density at radius 3 is 2.43 bits per heavy atom. The highest BCUT2D eigenvalue weighted by atomic mass is 16.4. The van der Waals surface area contributed by atoms with Gasteiger partial charge in [-0.15, -0.1) is 0 Å². The molecule has 1 aromatic carbocycles. The fraction of sp³-hybridized carbons (Fsp3) is 0.632. The molecule has 0 radical (unpaired) electrons. The number of hydrogen-bond donors (Lipinski definition) is 1. The van der Waals surface area contributed by atoms with Crippen molar-refractivity contribution in [1.29, 1.82) is 0 Å². The van der Waals surface area contributed by atoms with E-state index >= 15 is 0 Å². The van der Waals surface area contributed by atoms with Crippen LogP contribution in [0.15, 0.2) is 12.1 Å². The monoisotopic (exact) mass is 288 g/mol. The van der Waals surface area contributed by atoms with Gasteiger partial charge in [-0.05, 0) is 62.6 Å². The molecule has 1 N–H and O–H groups in total. The van der Waals surface area contributed by atoms with Crippen molar-refractivity contribution >= 4 is 5.97 Å². The van der Waals surface area contributed by atoms with Crippen LogP contribution in [0.2, 0.25) is 0 Å². The molecule has 21 heavy (non-hydrogen) atoms. The third-order valence-corrected chi connectivity index (χ3v) is 5.33. The van der Waals surface area contributed by atoms with Crippen LogP contribution in [0.4, 0.5) is 0 Å². The molecule has 0 saturated heterocycles. The van der Waals surface area contributed by atoms with Crippen LogP contribution in [0.25, 0.3) is 0 Å². The standard InChI is InChI=1S/C19H28O2/c1-5-16-7-6-8-19(11-16,18(20)21)12-17-14(3)9-13(2)10-15(17)4/h9-10,16H,5-8,11-12H2,1-4H3,(H,20,21). The van der Waals surface area contributed by atoms with Crippen molar-refractivity contribution in [3.8, 4) is 0 Å². The SMILES string of the molecule is CCC1CCCC(Cc2c(C)cc(C)cc2C)(C(=O)O)C1. The van der Waals surface area contributed by atoms with Crippen LogP contribution in [0.3, 0.4) is 0 Å². The van der Waals surface area contributed by atoms with Crippen molar-refractivity contribution in [3.05, 3.63) is 34.4 Å². The minimum atomic E-state index is -0.597. The highest BCUT2D eigenvalue weighted by molar-refractivity contribution is 5.75. The third-order valence-electron chi connectivity index (χ3n) is 5.33. The van der Waals surface area contributed by atoms with Gasteiger partial charge >= 0.3 is 5.97 Å². The van der Waals surface area contributed by atoms with Crippen LogP contribution in [0, 0.1) is 32.1 Å². The Morgan fingerprint density at radius 2 is 1.90 bits per heavy atom. The van der Waals surface area contributed by atoms with E-state index in [-0.39, 0.29) is 0 Å². The average molecular weight is 288 g/mol. The Kier molecular flexibility index (Phi) is 4.75. The Balaban J connectivity index is 2.35. The summed E-state index contributed by atoms with van der Waals surface area (Å²) in [5.41, 5.74) is 4.44. The summed E-state index contributed by atoms with van der Waals surface area (Å²) in [6, 6.07) is 4.36. The zero-order valence-corrected chi connectivity index (χ0v) is 13.8. The minimum absolute atomic E-state index is 0.552. The Hall–Kier alpha value is -1.31. The van der Waals surface area contributed by atoms with Crippen molar-refractivity contribution < 1.29 is 9.90 Å². The van der Waals surface area contributed by atoms with Gasteiger partial charge in [0.25, 0.3) is 0 Å². The third kappa shape index (κ3) is 3.30. The molecule has 2 atom stereocenters. The maximum atomic E-state index is 12.0. The van der Waals surface area contributed by atoms with E-state index in [1.54, 1.807) is 0 Å². The van der Waals surface area contributed by atoms with Gasteiger partial charge in [-0.1, -0.05) is 43.9 Å². The van der Waals surface area contributed by atoms with Crippen molar-refractivity contribution in [2.45, 2.75) is 66.2 Å². The number of carbonyl (C=O) groups is 1. The summed E-state index contributed by atoms with van der Waals surface area (Å²) < 4.78 is 0. The fourth-order valence-corrected chi connectivity index (χ4v) is 4.09. The van der Waals surface area contributed by atoms with Crippen LogP contribution in [-0.2, 0) is 11.2 Å². The number of rotatable bonds is 4. The lowest BCUT2D eigenvalue weighted by molar-refractivity contribution is -0.152. The fourth-order valence-electron chi connectivity index (χ4n) is 4.09. The Labute approximate surface area is 128 Å². The minimum Gasteiger partial charge on any atom is -0.481 e. The molecule has 2 heteroatoms. The Bertz CT molecular complexity index is 509. The lowest BCUT2D eigenvalue weighted by atomic mass is 9.65. The molecule has 2 unspecified atom stereocenters. The first-order valence-electron chi connectivity index (χ1n) is 8.18. The zero-order chi connectivity index (χ0) is 15.6. The van der Waals surface area contributed by atoms with Gasteiger partial charge in [-0.3, -0.25) is 4.79 Å². The van der Waals surface area contributed by atoms with Gasteiger partial charge in [-0.25, -0.2) is 0 Å². The first kappa shape index (κ1) is 16.1. The van der Waals surface area contributed by atoms with Crippen molar-refractivity contribution in [3.63, 3.8) is 0 Å². The molecular weight excluding hydrogens is 260 g/mol. The molecule has 1 aliphatic rings. The molecule has 0 bridgehead atoms. The second kappa shape index (κ2) is 6.21. The number of benzene rings is 1. The van der Waals surface area contributed by atoms with Gasteiger partial charge in [0.1, 0.15) is 0 Å². The Morgan fingerprint density at radius 1 is 1.29 bits per heavy atom. The first-order chi connectivity index (χ1) is 9.88. The molecule has 1 aromatic rings. The number of hydrogen-bond acceptors (Lipinski definition) is 1. The second-order valence-electron chi connectivity index (χ2n) is 7.01. The van der Waals surface area contributed by atoms with E-state index in [4.69, 9.17) is 0 Å². The molecule has 0 spiro atoms. The average Bonchev–Trinajstić information content (AvgIpc) is 2.43. The number of carboxylic acid groups (broad SMARTS) is 1. The molecule has 0 amide bonds. The summed E-state index contributed by atoms with van der Waals surface area (Å²) in [6.07, 6.45) is 5.70. The van der Waals surface area contributed by atoms with E-state index in [9.17, 15) is 9.90 Å². The molecule has 116 valence electrons. The number of aryl methyl sites for hydroxylation is 3. The summed E-state index contributed by atoms with van der Waals surface area (Å²) in [6.45, 7) is 8.52. The molecule has 1 saturated carbocycles. The number of carboxylic acids is 1. The van der Waals surface area contributed by atoms with Gasteiger partial charge < -0.3 is 5.11 Å². The van der Waals surface area contributed by atoms with Crippen LogP contribution >= 0.6 is 0 Å². The van der Waals surface area contributed by atoms with Crippen LogP contribution in [0.1, 0.15) is 61.3 Å². The topological polar surface area (TPSA) is 37.3 Å². The summed E-state index contributed by atoms with van der Waals surface area (Å²) in [5, 5.41) is 9.90. The van der Waals surface area contributed by atoms with Crippen molar-refractivity contribution in [1.82, 2.24) is 0 Å². The van der Waals surface area contributed by atoms with E-state index in [0.29, 0.717) is 12.3 Å². The van der Waals surface area contributed by atoms with Crippen LogP contribution in [0.5, 0.6) is 0 Å². The van der Waals surface area contributed by atoms with Gasteiger partial charge in [0.15, 0.2) is 0 Å². The molecule has 2 nitrogen and oxygen atoms in total. The molecule has 2 rings (SSSR count). The maximum Gasteiger partial charge on any atom is 0.309 e.